The van der Waals surface area contributed by atoms with Gasteiger partial charge in [-0.3, -0.25) is 4.79 Å². The van der Waals surface area contributed by atoms with Crippen LogP contribution in [-0.4, -0.2) is 18.2 Å². The highest BCUT2D eigenvalue weighted by Gasteiger charge is 2.11. The van der Waals surface area contributed by atoms with Crippen LogP contribution >= 0.6 is 11.8 Å². The highest BCUT2D eigenvalue weighted by molar-refractivity contribution is 8.12. The summed E-state index contributed by atoms with van der Waals surface area (Å²) >= 11 is 1.18. The molecule has 0 amide bonds. The molecule has 0 radical (unpaired) electrons. The SMILES string of the molecule is CCC(=O)SCc1ccc(C(=O)OC)o1. The number of ether oxygens (including phenoxy) is 1. The molecule has 0 bridgehead atoms. The largest absolute Gasteiger partial charge is 0.463 e. The van der Waals surface area contributed by atoms with E-state index in [9.17, 15) is 9.59 Å². The number of hydrogen-bond donors (Lipinski definition) is 0. The van der Waals surface area contributed by atoms with Crippen molar-refractivity contribution in [1.29, 1.82) is 0 Å². The highest BCUT2D eigenvalue weighted by atomic mass is 32.2. The van der Waals surface area contributed by atoms with Gasteiger partial charge in [0.1, 0.15) is 5.76 Å². The summed E-state index contributed by atoms with van der Waals surface area (Å²) in [6.07, 6.45) is 0.495. The van der Waals surface area contributed by atoms with Gasteiger partial charge in [-0.1, -0.05) is 18.7 Å². The maximum absolute atomic E-state index is 11.0. The van der Waals surface area contributed by atoms with E-state index in [0.717, 1.165) is 0 Å². The van der Waals surface area contributed by atoms with Crippen LogP contribution in [0.1, 0.15) is 29.7 Å². The lowest BCUT2D eigenvalue weighted by Gasteiger charge is -1.95. The van der Waals surface area contributed by atoms with Crippen LogP contribution < -0.4 is 0 Å². The zero-order chi connectivity index (χ0) is 11.3. The number of furan rings is 1. The lowest BCUT2D eigenvalue weighted by molar-refractivity contribution is -0.110. The minimum Gasteiger partial charge on any atom is -0.463 e. The second kappa shape index (κ2) is 5.60. The Bertz CT molecular complexity index is 356. The fraction of sp³-hybridized carbons (Fsp3) is 0.400. The molecule has 0 unspecified atom stereocenters. The Morgan fingerprint density at radius 2 is 2.20 bits per heavy atom. The Morgan fingerprint density at radius 3 is 2.80 bits per heavy atom. The summed E-state index contributed by atoms with van der Waals surface area (Å²) < 4.78 is 9.67. The minimum absolute atomic E-state index is 0.103. The number of thioether (sulfide) groups is 1. The Labute approximate surface area is 92.0 Å². The van der Waals surface area contributed by atoms with Crippen LogP contribution in [0, 0.1) is 0 Å². The quantitative estimate of drug-likeness (QED) is 0.740. The van der Waals surface area contributed by atoms with Gasteiger partial charge in [0, 0.05) is 6.42 Å². The summed E-state index contributed by atoms with van der Waals surface area (Å²) in [4.78, 5) is 22.0. The Balaban J connectivity index is 2.53. The van der Waals surface area contributed by atoms with Crippen LogP contribution in [-0.2, 0) is 15.3 Å². The van der Waals surface area contributed by atoms with Gasteiger partial charge in [0.05, 0.1) is 12.9 Å². The zero-order valence-corrected chi connectivity index (χ0v) is 9.43. The van der Waals surface area contributed by atoms with Crippen LogP contribution in [0.5, 0.6) is 0 Å². The third kappa shape index (κ3) is 3.43. The average molecular weight is 228 g/mol. The van der Waals surface area contributed by atoms with E-state index in [4.69, 9.17) is 4.42 Å². The molecule has 15 heavy (non-hydrogen) atoms. The van der Waals surface area contributed by atoms with E-state index in [2.05, 4.69) is 4.74 Å². The number of rotatable bonds is 4. The molecule has 0 fully saturated rings. The van der Waals surface area contributed by atoms with Crippen molar-refractivity contribution in [3.63, 3.8) is 0 Å². The summed E-state index contributed by atoms with van der Waals surface area (Å²) in [5, 5.41) is 0.103. The fourth-order valence-electron chi connectivity index (χ4n) is 0.919. The first-order valence-corrected chi connectivity index (χ1v) is 5.48. The van der Waals surface area contributed by atoms with Crippen LogP contribution in [0.3, 0.4) is 0 Å². The molecule has 0 saturated carbocycles. The van der Waals surface area contributed by atoms with Crippen molar-refractivity contribution < 1.29 is 18.7 Å². The summed E-state index contributed by atoms with van der Waals surface area (Å²) in [6.45, 7) is 1.80. The third-order valence-corrected chi connectivity index (χ3v) is 2.75. The maximum Gasteiger partial charge on any atom is 0.373 e. The van der Waals surface area contributed by atoms with Crippen molar-refractivity contribution in [1.82, 2.24) is 0 Å². The van der Waals surface area contributed by atoms with E-state index < -0.39 is 5.97 Å². The first-order chi connectivity index (χ1) is 7.17. The predicted octanol–water partition coefficient (Wildman–Crippen LogP) is 2.24. The van der Waals surface area contributed by atoms with Crippen molar-refractivity contribution in [2.24, 2.45) is 0 Å². The summed E-state index contributed by atoms with van der Waals surface area (Å²) in [6, 6.07) is 3.21. The van der Waals surface area contributed by atoms with Crippen molar-refractivity contribution in [2.45, 2.75) is 19.1 Å². The van der Waals surface area contributed by atoms with E-state index >= 15 is 0 Å². The standard InChI is InChI=1S/C10H12O4S/c1-3-9(11)15-6-7-4-5-8(14-7)10(12)13-2/h4-5H,3,6H2,1-2H3. The average Bonchev–Trinajstić information content (AvgIpc) is 2.73. The van der Waals surface area contributed by atoms with Gasteiger partial charge in [-0.25, -0.2) is 4.79 Å². The van der Waals surface area contributed by atoms with Gasteiger partial charge >= 0.3 is 5.97 Å². The third-order valence-electron chi connectivity index (χ3n) is 1.71. The monoisotopic (exact) mass is 228 g/mol. The Morgan fingerprint density at radius 1 is 1.47 bits per heavy atom. The lowest BCUT2D eigenvalue weighted by atomic mass is 10.4. The van der Waals surface area contributed by atoms with Crippen LogP contribution in [0.15, 0.2) is 16.5 Å². The molecule has 0 spiro atoms. The number of esters is 1. The lowest BCUT2D eigenvalue weighted by Crippen LogP contribution is -1.98. The van der Waals surface area contributed by atoms with E-state index in [1.165, 1.54) is 24.9 Å². The molecular formula is C10H12O4S. The van der Waals surface area contributed by atoms with Gasteiger partial charge in [-0.2, -0.15) is 0 Å². The van der Waals surface area contributed by atoms with Gasteiger partial charge in [0.15, 0.2) is 5.12 Å². The second-order valence-corrected chi connectivity index (χ2v) is 3.80. The first kappa shape index (κ1) is 11.8. The normalized spacial score (nSPS) is 10.0. The van der Waals surface area contributed by atoms with Gasteiger partial charge in [-0.15, -0.1) is 0 Å². The molecule has 0 aromatic carbocycles. The molecule has 0 aliphatic carbocycles. The predicted molar refractivity (Wildman–Crippen MR) is 56.6 cm³/mol. The van der Waals surface area contributed by atoms with Crippen LogP contribution in [0.4, 0.5) is 0 Å². The molecule has 0 N–H and O–H groups in total. The number of carbonyl (C=O) groups is 2. The number of hydrogen-bond acceptors (Lipinski definition) is 5. The molecule has 5 heteroatoms. The Hall–Kier alpha value is -1.23. The first-order valence-electron chi connectivity index (χ1n) is 4.50. The van der Waals surface area contributed by atoms with E-state index in [1.807, 2.05) is 0 Å². The zero-order valence-electron chi connectivity index (χ0n) is 8.61. The van der Waals surface area contributed by atoms with Crippen molar-refractivity contribution in [3.05, 3.63) is 23.7 Å². The summed E-state index contributed by atoms with van der Waals surface area (Å²) in [5.74, 6) is 0.705. The fourth-order valence-corrected chi connectivity index (χ4v) is 1.58. The molecule has 82 valence electrons. The molecule has 0 aliphatic rings. The topological polar surface area (TPSA) is 56.5 Å². The van der Waals surface area contributed by atoms with Crippen LogP contribution in [0.25, 0.3) is 0 Å². The van der Waals surface area contributed by atoms with E-state index in [-0.39, 0.29) is 10.9 Å². The summed E-state index contributed by atoms with van der Waals surface area (Å²) in [7, 11) is 1.29. The van der Waals surface area contributed by atoms with Gasteiger partial charge in [-0.05, 0) is 12.1 Å². The van der Waals surface area contributed by atoms with Crippen molar-refractivity contribution in [3.8, 4) is 0 Å². The molecule has 4 nitrogen and oxygen atoms in total. The molecule has 1 aromatic rings. The maximum atomic E-state index is 11.0. The van der Waals surface area contributed by atoms with E-state index in [1.54, 1.807) is 13.0 Å². The Kier molecular flexibility index (Phi) is 4.42. The molecule has 0 atom stereocenters. The highest BCUT2D eigenvalue weighted by Crippen LogP contribution is 2.17. The molecular weight excluding hydrogens is 216 g/mol. The van der Waals surface area contributed by atoms with Crippen molar-refractivity contribution >= 4 is 22.8 Å². The second-order valence-electron chi connectivity index (χ2n) is 2.77. The number of methoxy groups -OCH3 is 1. The molecule has 1 rings (SSSR count). The smallest absolute Gasteiger partial charge is 0.373 e. The van der Waals surface area contributed by atoms with E-state index in [0.29, 0.717) is 17.9 Å². The molecule has 0 saturated heterocycles. The van der Waals surface area contributed by atoms with Crippen molar-refractivity contribution in [2.75, 3.05) is 7.11 Å². The van der Waals surface area contributed by atoms with Gasteiger partial charge in [0.2, 0.25) is 5.76 Å². The molecule has 0 aliphatic heterocycles. The summed E-state index contributed by atoms with van der Waals surface area (Å²) in [5.41, 5.74) is 0. The minimum atomic E-state index is -0.506. The molecule has 1 aromatic heterocycles. The van der Waals surface area contributed by atoms with Gasteiger partial charge < -0.3 is 9.15 Å². The molecule has 1 heterocycles. The number of carbonyl (C=O) groups excluding carboxylic acids is 2. The van der Waals surface area contributed by atoms with Gasteiger partial charge in [0.25, 0.3) is 0 Å². The van der Waals surface area contributed by atoms with Crippen LogP contribution in [0.2, 0.25) is 0 Å².